The summed E-state index contributed by atoms with van der Waals surface area (Å²) in [4.78, 5) is 0. The van der Waals surface area contributed by atoms with E-state index in [1.54, 1.807) is 0 Å². The topological polar surface area (TPSA) is 47.1 Å². The Balaban J connectivity index is -0.00000000500. The Bertz CT molecular complexity index is 6.00. The summed E-state index contributed by atoms with van der Waals surface area (Å²) in [6, 6.07) is 0. The van der Waals surface area contributed by atoms with Crippen molar-refractivity contribution in [3.63, 3.8) is 0 Å². The number of hydrogen-bond donors (Lipinski definition) is 0. The molecule has 0 aromatic rings. The predicted molar refractivity (Wildman–Crippen MR) is 16.9 cm³/mol. The van der Waals surface area contributed by atoms with Gasteiger partial charge < -0.3 is 5.48 Å². The van der Waals surface area contributed by atoms with Gasteiger partial charge in [0.1, 0.15) is 0 Å². The predicted octanol–water partition coefficient (Wildman–Crippen LogP) is -1.59. The molecule has 0 saturated heterocycles. The molecule has 0 unspecified atom stereocenters. The summed E-state index contributed by atoms with van der Waals surface area (Å²) < 4.78 is 8.39. The standard InChI is InChI=1S/Bi.Ca.H2O.O.2H/h;;1H2;;;/q;+1;;;;/p-1. The fourth-order valence-corrected chi connectivity index (χ4v) is 0. The van der Waals surface area contributed by atoms with Gasteiger partial charge in [0, 0.05) is 0 Å². The molecule has 0 heterocycles. The summed E-state index contributed by atoms with van der Waals surface area (Å²) in [5.41, 5.74) is 0. The van der Waals surface area contributed by atoms with Gasteiger partial charge in [-0.15, -0.1) is 0 Å². The fourth-order valence-electron chi connectivity index (χ4n) is 0. The fraction of sp³-hybridized carbons (Fsp3) is 0. The molecule has 0 saturated carbocycles. The van der Waals surface area contributed by atoms with Crippen LogP contribution in [0.3, 0.4) is 0 Å². The summed E-state index contributed by atoms with van der Waals surface area (Å²) in [6.45, 7) is 0. The third-order valence-corrected chi connectivity index (χ3v) is 0. The van der Waals surface area contributed by atoms with Crippen molar-refractivity contribution in [1.29, 1.82) is 0 Å². The molecule has 22 valence electrons. The van der Waals surface area contributed by atoms with Gasteiger partial charge in [0.2, 0.25) is 0 Å². The Kier molecular flexibility index (Phi) is 86.8. The molecule has 1 N–H and O–H groups in total. The van der Waals surface area contributed by atoms with E-state index in [1.165, 1.54) is 0 Å². The SMILES string of the molecule is [CaH+].[OH-].[O]=[BiH]. The molecule has 0 fully saturated rings. The van der Waals surface area contributed by atoms with E-state index in [1.807, 2.05) is 0 Å². The Morgan fingerprint density at radius 3 is 1.25 bits per heavy atom. The Hall–Kier alpha value is 1.90. The Labute approximate surface area is 69.6 Å². The van der Waals surface area contributed by atoms with E-state index in [0.717, 1.165) is 0 Å². The van der Waals surface area contributed by atoms with Crippen LogP contribution in [-0.4, -0.2) is 67.9 Å². The van der Waals surface area contributed by atoms with Crippen molar-refractivity contribution in [3.05, 3.63) is 0 Å². The number of hydrogen-bond acceptors (Lipinski definition) is 2. The third-order valence-electron chi connectivity index (χ3n) is 0. The van der Waals surface area contributed by atoms with E-state index in [0.29, 0.717) is 0 Å². The Morgan fingerprint density at radius 2 is 1.25 bits per heavy atom. The molecule has 4 heteroatoms. The van der Waals surface area contributed by atoms with Crippen LogP contribution in [0.25, 0.3) is 0 Å². The van der Waals surface area contributed by atoms with Gasteiger partial charge in [-0.1, -0.05) is 0 Å². The normalized spacial score (nSPS) is 1.00. The molecule has 0 aliphatic heterocycles. The van der Waals surface area contributed by atoms with E-state index in [2.05, 4.69) is 0 Å². The maximum absolute atomic E-state index is 8.39. The third kappa shape index (κ3) is 9.08. The van der Waals surface area contributed by atoms with E-state index < -0.39 is 0 Å². The van der Waals surface area contributed by atoms with E-state index in [9.17, 15) is 0 Å². The second-order valence-electron chi connectivity index (χ2n) is 0. The molecule has 0 atom stereocenters. The van der Waals surface area contributed by atoms with Gasteiger partial charge >= 0.3 is 65.3 Å². The van der Waals surface area contributed by atoms with Crippen molar-refractivity contribution in [2.45, 2.75) is 0 Å². The maximum atomic E-state index is 8.39. The van der Waals surface area contributed by atoms with Crippen LogP contribution in [0.1, 0.15) is 0 Å². The van der Waals surface area contributed by atoms with Gasteiger partial charge in [-0.3, -0.25) is 0 Å². The summed E-state index contributed by atoms with van der Waals surface area (Å²) >= 11 is 0.0556. The van der Waals surface area contributed by atoms with Gasteiger partial charge in [-0.25, -0.2) is 0 Å². The molecular formula is H3BiCaO2. The van der Waals surface area contributed by atoms with E-state index >= 15 is 0 Å². The molecule has 0 radical (unpaired) electrons. The quantitative estimate of drug-likeness (QED) is 0.503. The van der Waals surface area contributed by atoms with Crippen LogP contribution >= 0.6 is 0 Å². The Morgan fingerprint density at radius 1 is 1.25 bits per heavy atom. The first-order chi connectivity index (χ1) is 1.00. The summed E-state index contributed by atoms with van der Waals surface area (Å²) in [5, 5.41) is 0. The second-order valence-corrected chi connectivity index (χ2v) is 0. The molecule has 0 aromatic carbocycles. The van der Waals surface area contributed by atoms with Gasteiger partial charge in [-0.2, -0.15) is 0 Å². The summed E-state index contributed by atoms with van der Waals surface area (Å²) in [6.07, 6.45) is 0. The van der Waals surface area contributed by atoms with E-state index in [4.69, 9.17) is 2.81 Å². The minimum atomic E-state index is 0. The molecule has 0 aromatic heterocycles. The first-order valence-corrected chi connectivity index (χ1v) is 1.79. The second kappa shape index (κ2) is 20.6. The number of rotatable bonds is 0. The molecule has 0 rings (SSSR count). The molecule has 0 spiro atoms. The molecule has 4 heavy (non-hydrogen) atoms. The van der Waals surface area contributed by atoms with Crippen LogP contribution in [0.2, 0.25) is 0 Å². The summed E-state index contributed by atoms with van der Waals surface area (Å²) in [5.74, 6) is 0. The van der Waals surface area contributed by atoms with Crippen LogP contribution in [0.4, 0.5) is 0 Å². The monoisotopic (exact) mass is 284 g/mol. The van der Waals surface area contributed by atoms with Crippen LogP contribution in [-0.2, 0) is 2.81 Å². The molecule has 0 aliphatic rings. The van der Waals surface area contributed by atoms with Crippen molar-refractivity contribution in [2.24, 2.45) is 0 Å². The summed E-state index contributed by atoms with van der Waals surface area (Å²) in [7, 11) is 0. The van der Waals surface area contributed by atoms with Crippen LogP contribution < -0.4 is 0 Å². The average molecular weight is 284 g/mol. The van der Waals surface area contributed by atoms with Crippen LogP contribution in [0, 0.1) is 0 Å². The van der Waals surface area contributed by atoms with Gasteiger partial charge in [0.25, 0.3) is 0 Å². The molecular weight excluding hydrogens is 281 g/mol. The van der Waals surface area contributed by atoms with Crippen molar-refractivity contribution >= 4 is 62.5 Å². The molecule has 0 amide bonds. The first-order valence-electron chi connectivity index (χ1n) is 0.204. The minimum absolute atomic E-state index is 0. The molecule has 2 nitrogen and oxygen atoms in total. The van der Waals surface area contributed by atoms with Crippen LogP contribution in [0.15, 0.2) is 0 Å². The zero-order chi connectivity index (χ0) is 2.00. The van der Waals surface area contributed by atoms with Crippen molar-refractivity contribution in [2.75, 3.05) is 0 Å². The van der Waals surface area contributed by atoms with Crippen molar-refractivity contribution < 1.29 is 8.29 Å². The zero-order valence-corrected chi connectivity index (χ0v) is 9.37. The van der Waals surface area contributed by atoms with Crippen molar-refractivity contribution in [3.8, 4) is 0 Å². The van der Waals surface area contributed by atoms with Gasteiger partial charge in [-0.05, 0) is 0 Å². The van der Waals surface area contributed by atoms with Gasteiger partial charge in [0.05, 0.1) is 0 Å². The van der Waals surface area contributed by atoms with Crippen LogP contribution in [0.5, 0.6) is 0 Å². The van der Waals surface area contributed by atoms with E-state index in [-0.39, 0.29) is 67.9 Å². The zero-order valence-electron chi connectivity index (χ0n) is 2.36. The average Bonchev–Trinajstić information content (AvgIpc) is 1.00. The first kappa shape index (κ1) is 16.8. The van der Waals surface area contributed by atoms with Gasteiger partial charge in [0.15, 0.2) is 0 Å². The molecule has 0 bridgehead atoms. The van der Waals surface area contributed by atoms with Crippen molar-refractivity contribution in [1.82, 2.24) is 0 Å². The molecule has 0 aliphatic carbocycles.